The van der Waals surface area contributed by atoms with E-state index in [1.807, 2.05) is 6.92 Å². The maximum atomic E-state index is 12.0. The van der Waals surface area contributed by atoms with Gasteiger partial charge >= 0.3 is 11.9 Å². The minimum atomic E-state index is -0.655. The van der Waals surface area contributed by atoms with Crippen molar-refractivity contribution in [2.45, 2.75) is 19.8 Å². The Labute approximate surface area is 179 Å². The number of esters is 2. The first-order valence-corrected chi connectivity index (χ1v) is 9.86. The predicted molar refractivity (Wildman–Crippen MR) is 113 cm³/mol. The Kier molecular flexibility index (Phi) is 7.64. The van der Waals surface area contributed by atoms with Gasteiger partial charge in [0, 0.05) is 11.8 Å². The van der Waals surface area contributed by atoms with Crippen molar-refractivity contribution < 1.29 is 33.3 Å². The zero-order chi connectivity index (χ0) is 22.1. The number of rotatable bonds is 9. The van der Waals surface area contributed by atoms with Gasteiger partial charge < -0.3 is 24.3 Å². The molecule has 0 saturated heterocycles. The standard InChI is InChI=1S/C23H23NO7/c1-2-3-12-28-23(27)17-6-8-18(9-7-17)24-21(25)14-29-22(26)11-5-16-4-10-19-20(13-16)31-15-30-19/h4-11,13H,2-3,12,14-15H2,1H3,(H,24,25). The summed E-state index contributed by atoms with van der Waals surface area (Å²) in [6.07, 6.45) is 4.53. The third-order valence-corrected chi connectivity index (χ3v) is 4.29. The largest absolute Gasteiger partial charge is 0.462 e. The number of hydrogen-bond donors (Lipinski definition) is 1. The van der Waals surface area contributed by atoms with Crippen LogP contribution in [0.5, 0.6) is 11.5 Å². The smallest absolute Gasteiger partial charge is 0.338 e. The van der Waals surface area contributed by atoms with Crippen molar-refractivity contribution in [1.82, 2.24) is 0 Å². The molecule has 0 unspecified atom stereocenters. The van der Waals surface area contributed by atoms with E-state index in [2.05, 4.69) is 5.32 Å². The van der Waals surface area contributed by atoms with E-state index in [1.54, 1.807) is 48.5 Å². The summed E-state index contributed by atoms with van der Waals surface area (Å²) in [7, 11) is 0. The Balaban J connectivity index is 1.42. The summed E-state index contributed by atoms with van der Waals surface area (Å²) in [5.74, 6) is -0.302. The molecule has 0 aliphatic carbocycles. The fourth-order valence-corrected chi connectivity index (χ4v) is 2.65. The molecule has 1 aliphatic heterocycles. The SMILES string of the molecule is CCCCOC(=O)c1ccc(NC(=O)COC(=O)C=Cc2ccc3c(c2)OCO3)cc1. The van der Waals surface area contributed by atoms with Crippen molar-refractivity contribution >= 4 is 29.6 Å². The van der Waals surface area contributed by atoms with Crippen LogP contribution in [0.15, 0.2) is 48.5 Å². The van der Waals surface area contributed by atoms with Gasteiger partial charge in [-0.15, -0.1) is 0 Å². The van der Waals surface area contributed by atoms with Gasteiger partial charge in [-0.2, -0.15) is 0 Å². The van der Waals surface area contributed by atoms with Crippen LogP contribution >= 0.6 is 0 Å². The van der Waals surface area contributed by atoms with Gasteiger partial charge in [0.25, 0.3) is 5.91 Å². The Morgan fingerprint density at radius 2 is 1.81 bits per heavy atom. The van der Waals surface area contributed by atoms with Crippen LogP contribution in [0.25, 0.3) is 6.08 Å². The molecule has 3 rings (SSSR count). The van der Waals surface area contributed by atoms with Crippen molar-refractivity contribution in [2.24, 2.45) is 0 Å². The molecule has 2 aromatic carbocycles. The normalized spacial score (nSPS) is 11.9. The van der Waals surface area contributed by atoms with Gasteiger partial charge in [-0.1, -0.05) is 19.4 Å². The van der Waals surface area contributed by atoms with E-state index >= 15 is 0 Å². The highest BCUT2D eigenvalue weighted by Gasteiger charge is 2.13. The minimum absolute atomic E-state index is 0.172. The Bertz CT molecular complexity index is 966. The Morgan fingerprint density at radius 3 is 2.58 bits per heavy atom. The van der Waals surface area contributed by atoms with Gasteiger partial charge in [0.05, 0.1) is 12.2 Å². The number of unbranched alkanes of at least 4 members (excludes halogenated alkanes) is 1. The molecule has 2 aromatic rings. The second-order valence-corrected chi connectivity index (χ2v) is 6.67. The Hall–Kier alpha value is -3.81. The third kappa shape index (κ3) is 6.60. The topological polar surface area (TPSA) is 100 Å². The van der Waals surface area contributed by atoms with E-state index in [9.17, 15) is 14.4 Å². The molecule has 0 spiro atoms. The molecule has 1 N–H and O–H groups in total. The van der Waals surface area contributed by atoms with Crippen LogP contribution in [0.3, 0.4) is 0 Å². The number of carbonyl (C=O) groups is 3. The van der Waals surface area contributed by atoms with E-state index in [0.717, 1.165) is 18.4 Å². The van der Waals surface area contributed by atoms with Gasteiger partial charge in [-0.25, -0.2) is 9.59 Å². The maximum Gasteiger partial charge on any atom is 0.338 e. The quantitative estimate of drug-likeness (QED) is 0.372. The highest BCUT2D eigenvalue weighted by molar-refractivity contribution is 5.95. The van der Waals surface area contributed by atoms with Crippen molar-refractivity contribution in [3.8, 4) is 11.5 Å². The zero-order valence-corrected chi connectivity index (χ0v) is 17.1. The van der Waals surface area contributed by atoms with E-state index in [-0.39, 0.29) is 6.79 Å². The first-order chi connectivity index (χ1) is 15.0. The lowest BCUT2D eigenvalue weighted by Crippen LogP contribution is -2.20. The van der Waals surface area contributed by atoms with E-state index in [4.69, 9.17) is 18.9 Å². The minimum Gasteiger partial charge on any atom is -0.462 e. The molecular weight excluding hydrogens is 402 g/mol. The molecule has 31 heavy (non-hydrogen) atoms. The molecule has 0 radical (unpaired) electrons. The van der Waals surface area contributed by atoms with Crippen LogP contribution in [-0.2, 0) is 19.1 Å². The number of fused-ring (bicyclic) bond motifs is 1. The van der Waals surface area contributed by atoms with Crippen LogP contribution in [0.4, 0.5) is 5.69 Å². The summed E-state index contributed by atoms with van der Waals surface area (Å²) in [6.45, 7) is 2.12. The molecule has 0 aromatic heterocycles. The average Bonchev–Trinajstić information content (AvgIpc) is 3.25. The van der Waals surface area contributed by atoms with Crippen LogP contribution in [0.1, 0.15) is 35.7 Å². The van der Waals surface area contributed by atoms with Crippen LogP contribution in [-0.4, -0.2) is 37.9 Å². The number of hydrogen-bond acceptors (Lipinski definition) is 7. The van der Waals surface area contributed by atoms with Crippen LogP contribution < -0.4 is 14.8 Å². The second kappa shape index (κ2) is 10.8. The molecule has 0 fully saturated rings. The van der Waals surface area contributed by atoms with Crippen molar-refractivity contribution in [1.29, 1.82) is 0 Å². The fraction of sp³-hybridized carbons (Fsp3) is 0.261. The van der Waals surface area contributed by atoms with E-state index in [0.29, 0.717) is 29.4 Å². The summed E-state index contributed by atoms with van der Waals surface area (Å²) in [5, 5.41) is 2.59. The molecule has 8 heteroatoms. The molecule has 0 saturated carbocycles. The lowest BCUT2D eigenvalue weighted by atomic mass is 10.2. The Morgan fingerprint density at radius 1 is 1.03 bits per heavy atom. The molecule has 1 aliphatic rings. The zero-order valence-electron chi connectivity index (χ0n) is 17.1. The number of anilines is 1. The van der Waals surface area contributed by atoms with E-state index < -0.39 is 24.5 Å². The fourth-order valence-electron chi connectivity index (χ4n) is 2.65. The molecule has 1 heterocycles. The van der Waals surface area contributed by atoms with E-state index in [1.165, 1.54) is 6.08 Å². The molecular formula is C23H23NO7. The predicted octanol–water partition coefficient (Wildman–Crippen LogP) is 3.57. The highest BCUT2D eigenvalue weighted by atomic mass is 16.7. The molecule has 162 valence electrons. The van der Waals surface area contributed by atoms with Crippen molar-refractivity contribution in [3.63, 3.8) is 0 Å². The monoisotopic (exact) mass is 425 g/mol. The van der Waals surface area contributed by atoms with Gasteiger partial charge in [-0.3, -0.25) is 4.79 Å². The first-order valence-electron chi connectivity index (χ1n) is 9.86. The second-order valence-electron chi connectivity index (χ2n) is 6.67. The summed E-state index contributed by atoms with van der Waals surface area (Å²) >= 11 is 0. The molecule has 1 amide bonds. The lowest BCUT2D eigenvalue weighted by molar-refractivity contribution is -0.142. The number of carbonyl (C=O) groups excluding carboxylic acids is 3. The summed E-state index contributed by atoms with van der Waals surface area (Å²) in [4.78, 5) is 35.7. The average molecular weight is 425 g/mol. The number of ether oxygens (including phenoxy) is 4. The molecule has 0 atom stereocenters. The molecule has 8 nitrogen and oxygen atoms in total. The molecule has 0 bridgehead atoms. The summed E-state index contributed by atoms with van der Waals surface area (Å²) in [5.41, 5.74) is 1.61. The van der Waals surface area contributed by atoms with Crippen LogP contribution in [0.2, 0.25) is 0 Å². The first kappa shape index (κ1) is 21.9. The van der Waals surface area contributed by atoms with Gasteiger partial charge in [0.2, 0.25) is 6.79 Å². The van der Waals surface area contributed by atoms with Gasteiger partial charge in [-0.05, 0) is 54.5 Å². The van der Waals surface area contributed by atoms with Gasteiger partial charge in [0.15, 0.2) is 18.1 Å². The summed E-state index contributed by atoms with van der Waals surface area (Å²) in [6, 6.07) is 11.5. The summed E-state index contributed by atoms with van der Waals surface area (Å²) < 4.78 is 20.6. The van der Waals surface area contributed by atoms with Crippen LogP contribution in [0, 0.1) is 0 Å². The maximum absolute atomic E-state index is 12.0. The lowest BCUT2D eigenvalue weighted by Gasteiger charge is -2.07. The number of benzene rings is 2. The van der Waals surface area contributed by atoms with Crippen molar-refractivity contribution in [3.05, 3.63) is 59.7 Å². The van der Waals surface area contributed by atoms with Crippen molar-refractivity contribution in [2.75, 3.05) is 25.3 Å². The number of amides is 1. The third-order valence-electron chi connectivity index (χ3n) is 4.29. The number of nitrogens with one attached hydrogen (secondary N) is 1. The van der Waals surface area contributed by atoms with Gasteiger partial charge in [0.1, 0.15) is 0 Å². The highest BCUT2D eigenvalue weighted by Crippen LogP contribution is 2.32.